The van der Waals surface area contributed by atoms with Crippen LogP contribution in [-0.2, 0) is 6.54 Å². The van der Waals surface area contributed by atoms with E-state index >= 15 is 0 Å². The van der Waals surface area contributed by atoms with Crippen LogP contribution in [0.25, 0.3) is 0 Å². The molecule has 2 N–H and O–H groups in total. The topological polar surface area (TPSA) is 54.3 Å². The van der Waals surface area contributed by atoms with Gasteiger partial charge in [-0.05, 0) is 25.8 Å². The van der Waals surface area contributed by atoms with Crippen LogP contribution in [0, 0.1) is 5.41 Å². The van der Waals surface area contributed by atoms with Gasteiger partial charge in [-0.1, -0.05) is 19.3 Å². The van der Waals surface area contributed by atoms with Gasteiger partial charge in [0.1, 0.15) is 0 Å². The zero-order chi connectivity index (χ0) is 13.7. The Morgan fingerprint density at radius 3 is 2.68 bits per heavy atom. The molecular weight excluding hydrogens is 240 g/mol. The average molecular weight is 264 g/mol. The van der Waals surface area contributed by atoms with E-state index in [0.717, 1.165) is 25.1 Å². The molecule has 1 aromatic heterocycles. The maximum atomic E-state index is 11.5. The number of nitrogens with zero attached hydrogens (tertiary/aromatic N) is 1. The molecule has 0 aliphatic heterocycles. The summed E-state index contributed by atoms with van der Waals surface area (Å²) in [5, 5.41) is 13.1. The lowest BCUT2D eigenvalue weighted by Gasteiger charge is -2.36. The number of aromatic nitrogens is 1. The summed E-state index contributed by atoms with van der Waals surface area (Å²) in [6, 6.07) is 3.42. The van der Waals surface area contributed by atoms with Crippen LogP contribution < -0.4 is 10.9 Å². The van der Waals surface area contributed by atoms with Gasteiger partial charge < -0.3 is 15.0 Å². The Kier molecular flexibility index (Phi) is 4.64. The SMILES string of the molecule is CCn1cc(NCC2(CO)CCCCC2)ccc1=O. The zero-order valence-corrected chi connectivity index (χ0v) is 11.7. The number of aryl methyl sites for hydroxylation is 1. The van der Waals surface area contributed by atoms with E-state index < -0.39 is 0 Å². The highest BCUT2D eigenvalue weighted by Gasteiger charge is 2.31. The van der Waals surface area contributed by atoms with Gasteiger partial charge in [0, 0.05) is 30.8 Å². The van der Waals surface area contributed by atoms with E-state index in [-0.39, 0.29) is 17.6 Å². The van der Waals surface area contributed by atoms with Crippen molar-refractivity contribution in [3.8, 4) is 0 Å². The highest BCUT2D eigenvalue weighted by molar-refractivity contribution is 5.40. The number of anilines is 1. The van der Waals surface area contributed by atoms with Crippen molar-refractivity contribution >= 4 is 5.69 Å². The zero-order valence-electron chi connectivity index (χ0n) is 11.7. The van der Waals surface area contributed by atoms with E-state index in [0.29, 0.717) is 6.54 Å². The molecule has 0 unspecified atom stereocenters. The first-order valence-corrected chi connectivity index (χ1v) is 7.24. The van der Waals surface area contributed by atoms with Gasteiger partial charge in [0.15, 0.2) is 0 Å². The van der Waals surface area contributed by atoms with Gasteiger partial charge in [-0.3, -0.25) is 4.79 Å². The quantitative estimate of drug-likeness (QED) is 0.857. The first kappa shape index (κ1) is 14.1. The van der Waals surface area contributed by atoms with Crippen LogP contribution in [0.4, 0.5) is 5.69 Å². The number of hydrogen-bond donors (Lipinski definition) is 2. The van der Waals surface area contributed by atoms with Crippen molar-refractivity contribution in [3.05, 3.63) is 28.7 Å². The van der Waals surface area contributed by atoms with E-state index in [1.807, 2.05) is 19.2 Å². The molecule has 1 aromatic rings. The molecule has 1 heterocycles. The number of aliphatic hydroxyl groups excluding tert-OH is 1. The maximum Gasteiger partial charge on any atom is 0.250 e. The summed E-state index contributed by atoms with van der Waals surface area (Å²) in [4.78, 5) is 11.5. The summed E-state index contributed by atoms with van der Waals surface area (Å²) in [6.45, 7) is 3.67. The number of hydrogen-bond acceptors (Lipinski definition) is 3. The smallest absolute Gasteiger partial charge is 0.250 e. The van der Waals surface area contributed by atoms with Crippen LogP contribution in [0.3, 0.4) is 0 Å². The van der Waals surface area contributed by atoms with Crippen molar-refractivity contribution in [1.82, 2.24) is 4.57 Å². The molecule has 106 valence electrons. The molecule has 1 saturated carbocycles. The molecule has 4 nitrogen and oxygen atoms in total. The van der Waals surface area contributed by atoms with E-state index in [1.54, 1.807) is 10.6 Å². The van der Waals surface area contributed by atoms with Crippen LogP contribution in [-0.4, -0.2) is 22.8 Å². The van der Waals surface area contributed by atoms with Crippen LogP contribution in [0.1, 0.15) is 39.0 Å². The highest BCUT2D eigenvalue weighted by Crippen LogP contribution is 2.35. The molecular formula is C15H24N2O2. The third-order valence-corrected chi connectivity index (χ3v) is 4.24. The molecule has 0 aromatic carbocycles. The van der Waals surface area contributed by atoms with Crippen molar-refractivity contribution in [2.75, 3.05) is 18.5 Å². The fourth-order valence-electron chi connectivity index (χ4n) is 2.87. The number of pyridine rings is 1. The molecule has 0 radical (unpaired) electrons. The molecule has 0 amide bonds. The third-order valence-electron chi connectivity index (χ3n) is 4.24. The predicted molar refractivity (Wildman–Crippen MR) is 77.5 cm³/mol. The van der Waals surface area contributed by atoms with E-state index in [4.69, 9.17) is 0 Å². The minimum atomic E-state index is 0.0193. The van der Waals surface area contributed by atoms with Gasteiger partial charge in [-0.2, -0.15) is 0 Å². The Morgan fingerprint density at radius 2 is 2.05 bits per heavy atom. The highest BCUT2D eigenvalue weighted by atomic mass is 16.3. The average Bonchev–Trinajstić information content (AvgIpc) is 2.47. The standard InChI is InChI=1S/C15H24N2O2/c1-2-17-10-13(6-7-14(17)19)16-11-15(12-18)8-4-3-5-9-15/h6-7,10,16,18H,2-5,8-9,11-12H2,1H3. The molecule has 1 aliphatic rings. The first-order chi connectivity index (χ1) is 9.19. The Morgan fingerprint density at radius 1 is 1.32 bits per heavy atom. The Hall–Kier alpha value is -1.29. The maximum absolute atomic E-state index is 11.5. The Bertz CT molecular complexity index is 461. The number of aliphatic hydroxyl groups is 1. The van der Waals surface area contributed by atoms with Crippen molar-refractivity contribution in [2.45, 2.75) is 45.6 Å². The molecule has 0 bridgehead atoms. The monoisotopic (exact) mass is 264 g/mol. The second-order valence-electron chi connectivity index (χ2n) is 5.61. The number of nitrogens with one attached hydrogen (secondary N) is 1. The summed E-state index contributed by atoms with van der Waals surface area (Å²) in [6.07, 6.45) is 7.72. The second-order valence-corrected chi connectivity index (χ2v) is 5.61. The lowest BCUT2D eigenvalue weighted by molar-refractivity contribution is 0.0944. The van der Waals surface area contributed by atoms with Gasteiger partial charge >= 0.3 is 0 Å². The molecule has 4 heteroatoms. The molecule has 19 heavy (non-hydrogen) atoms. The van der Waals surface area contributed by atoms with Crippen molar-refractivity contribution in [3.63, 3.8) is 0 Å². The second kappa shape index (κ2) is 6.24. The minimum Gasteiger partial charge on any atom is -0.396 e. The van der Waals surface area contributed by atoms with E-state index in [9.17, 15) is 9.90 Å². The summed E-state index contributed by atoms with van der Waals surface area (Å²) in [5.41, 5.74) is 1.01. The Labute approximate surface area is 114 Å². The molecule has 2 rings (SSSR count). The van der Waals surface area contributed by atoms with E-state index in [2.05, 4.69) is 5.32 Å². The van der Waals surface area contributed by atoms with Crippen LogP contribution in [0.15, 0.2) is 23.1 Å². The Balaban J connectivity index is 2.02. The lowest BCUT2D eigenvalue weighted by atomic mass is 9.74. The van der Waals surface area contributed by atoms with Crippen LogP contribution in [0.2, 0.25) is 0 Å². The van der Waals surface area contributed by atoms with E-state index in [1.165, 1.54) is 19.3 Å². The summed E-state index contributed by atoms with van der Waals surface area (Å²) in [5.74, 6) is 0. The summed E-state index contributed by atoms with van der Waals surface area (Å²) in [7, 11) is 0. The number of rotatable bonds is 5. The van der Waals surface area contributed by atoms with Crippen molar-refractivity contribution in [1.29, 1.82) is 0 Å². The van der Waals surface area contributed by atoms with Gasteiger partial charge in [-0.15, -0.1) is 0 Å². The molecule has 0 spiro atoms. The van der Waals surface area contributed by atoms with Crippen molar-refractivity contribution in [2.24, 2.45) is 5.41 Å². The van der Waals surface area contributed by atoms with Crippen LogP contribution in [0.5, 0.6) is 0 Å². The molecule has 1 aliphatic carbocycles. The minimum absolute atomic E-state index is 0.0193. The van der Waals surface area contributed by atoms with Crippen LogP contribution >= 0.6 is 0 Å². The summed E-state index contributed by atoms with van der Waals surface area (Å²) < 4.78 is 1.69. The largest absolute Gasteiger partial charge is 0.396 e. The fourth-order valence-corrected chi connectivity index (χ4v) is 2.87. The van der Waals surface area contributed by atoms with Gasteiger partial charge in [-0.25, -0.2) is 0 Å². The molecule has 1 fully saturated rings. The normalized spacial score (nSPS) is 18.2. The van der Waals surface area contributed by atoms with Gasteiger partial charge in [0.2, 0.25) is 0 Å². The molecule has 0 atom stereocenters. The predicted octanol–water partition coefficient (Wildman–Crippen LogP) is 2.22. The fraction of sp³-hybridized carbons (Fsp3) is 0.667. The van der Waals surface area contributed by atoms with Gasteiger partial charge in [0.25, 0.3) is 5.56 Å². The summed E-state index contributed by atoms with van der Waals surface area (Å²) >= 11 is 0. The third kappa shape index (κ3) is 3.38. The van der Waals surface area contributed by atoms with Gasteiger partial charge in [0.05, 0.1) is 12.3 Å². The first-order valence-electron chi connectivity index (χ1n) is 7.24. The molecule has 0 saturated heterocycles. The lowest BCUT2D eigenvalue weighted by Crippen LogP contribution is -2.35. The van der Waals surface area contributed by atoms with Crippen molar-refractivity contribution < 1.29 is 5.11 Å².